The molecule has 4 nitrogen and oxygen atoms in total. The average Bonchev–Trinajstić information content (AvgIpc) is 2.37. The number of benzene rings is 1. The average molecular weight is 316 g/mol. The van der Waals surface area contributed by atoms with Crippen molar-refractivity contribution in [3.63, 3.8) is 0 Å². The van der Waals surface area contributed by atoms with E-state index in [1.807, 2.05) is 5.32 Å². The summed E-state index contributed by atoms with van der Waals surface area (Å²) in [6, 6.07) is 4.37. The van der Waals surface area contributed by atoms with Gasteiger partial charge in [-0.1, -0.05) is 18.2 Å². The third kappa shape index (κ3) is 4.59. The maximum atomic E-state index is 12.6. The number of rotatable bonds is 4. The molecule has 0 spiro atoms. The Labute approximate surface area is 122 Å². The molecule has 112 valence electrons. The largest absolute Gasteiger partial charge is 0.416 e. The first-order valence-corrected chi connectivity index (χ1v) is 7.14. The number of nitrogens with one attached hydrogen (secondary N) is 1. The van der Waals surface area contributed by atoms with Gasteiger partial charge >= 0.3 is 12.2 Å². The quantitative estimate of drug-likeness (QED) is 0.929. The van der Waals surface area contributed by atoms with Gasteiger partial charge in [-0.05, 0) is 11.6 Å². The number of carbonyl (C=O) groups excluding carboxylic acids is 2. The van der Waals surface area contributed by atoms with Crippen LogP contribution >= 0.6 is 11.8 Å². The number of hydrogen-bond donors (Lipinski definition) is 1. The normalized spacial score (nSPS) is 15.7. The maximum absolute atomic E-state index is 12.6. The molecule has 0 saturated heterocycles. The van der Waals surface area contributed by atoms with Crippen LogP contribution in [0.3, 0.4) is 0 Å². The molecular weight excluding hydrogens is 305 g/mol. The van der Waals surface area contributed by atoms with Gasteiger partial charge in [-0.2, -0.15) is 24.9 Å². The van der Waals surface area contributed by atoms with E-state index in [9.17, 15) is 22.8 Å². The van der Waals surface area contributed by atoms with Crippen LogP contribution in [0.2, 0.25) is 0 Å². The van der Waals surface area contributed by atoms with Crippen LogP contribution in [0.1, 0.15) is 17.5 Å². The standard InChI is InChI=1S/C13H11F3N2O2S/c14-13(15,16)9-3-1-2-8(4-9)6-21-7-10-5-11(19)18-12(20)17-10/h1-4H,5-7H2,(H,18,19,20). The number of amides is 3. The summed E-state index contributed by atoms with van der Waals surface area (Å²) in [6.07, 6.45) is -4.32. The van der Waals surface area contributed by atoms with E-state index < -0.39 is 23.7 Å². The van der Waals surface area contributed by atoms with E-state index >= 15 is 0 Å². The monoisotopic (exact) mass is 316 g/mol. The van der Waals surface area contributed by atoms with Crippen LogP contribution in [0.15, 0.2) is 29.3 Å². The lowest BCUT2D eigenvalue weighted by molar-refractivity contribution is -0.137. The summed E-state index contributed by atoms with van der Waals surface area (Å²) in [5, 5.41) is 2.04. The molecule has 0 fully saturated rings. The maximum Gasteiger partial charge on any atom is 0.416 e. The molecule has 1 aliphatic heterocycles. The molecule has 8 heteroatoms. The molecule has 1 aromatic carbocycles. The van der Waals surface area contributed by atoms with Gasteiger partial charge in [0.25, 0.3) is 0 Å². The molecule has 1 N–H and O–H groups in total. The Morgan fingerprint density at radius 2 is 2.00 bits per heavy atom. The smallest absolute Gasteiger partial charge is 0.276 e. The Morgan fingerprint density at radius 3 is 2.67 bits per heavy atom. The Balaban J connectivity index is 1.92. The molecule has 0 atom stereocenters. The van der Waals surface area contributed by atoms with Gasteiger partial charge in [0, 0.05) is 17.2 Å². The van der Waals surface area contributed by atoms with Crippen LogP contribution in [-0.4, -0.2) is 23.4 Å². The third-order valence-corrected chi connectivity index (χ3v) is 3.74. The van der Waals surface area contributed by atoms with Crippen LogP contribution in [-0.2, 0) is 16.7 Å². The minimum absolute atomic E-state index is 0.0430. The highest BCUT2D eigenvalue weighted by Gasteiger charge is 2.30. The van der Waals surface area contributed by atoms with Gasteiger partial charge in [0.1, 0.15) is 0 Å². The van der Waals surface area contributed by atoms with E-state index in [1.165, 1.54) is 17.8 Å². The summed E-state index contributed by atoms with van der Waals surface area (Å²) < 4.78 is 37.7. The molecule has 1 aliphatic rings. The van der Waals surface area contributed by atoms with E-state index in [4.69, 9.17) is 0 Å². The fourth-order valence-electron chi connectivity index (χ4n) is 1.77. The van der Waals surface area contributed by atoms with Crippen LogP contribution in [0.5, 0.6) is 0 Å². The van der Waals surface area contributed by atoms with Gasteiger partial charge in [0.15, 0.2) is 0 Å². The highest BCUT2D eigenvalue weighted by atomic mass is 32.2. The second-order valence-electron chi connectivity index (χ2n) is 4.40. The highest BCUT2D eigenvalue weighted by Crippen LogP contribution is 2.30. The summed E-state index contributed by atoms with van der Waals surface area (Å²) >= 11 is 1.31. The third-order valence-electron chi connectivity index (χ3n) is 2.66. The summed E-state index contributed by atoms with van der Waals surface area (Å²) in [6.45, 7) is 0. The van der Waals surface area contributed by atoms with Crippen molar-refractivity contribution in [3.8, 4) is 0 Å². The summed E-state index contributed by atoms with van der Waals surface area (Å²) in [5.74, 6) is 0.262. The van der Waals surface area contributed by atoms with Crippen molar-refractivity contribution in [2.75, 3.05) is 5.75 Å². The highest BCUT2D eigenvalue weighted by molar-refractivity contribution is 7.99. The molecule has 0 saturated carbocycles. The van der Waals surface area contributed by atoms with Gasteiger partial charge in [-0.15, -0.1) is 0 Å². The molecule has 1 aromatic rings. The molecule has 2 rings (SSSR count). The molecule has 0 unspecified atom stereocenters. The zero-order valence-corrected chi connectivity index (χ0v) is 11.6. The Hall–Kier alpha value is -1.83. The number of nitrogens with zero attached hydrogens (tertiary/aromatic N) is 1. The number of imide groups is 1. The van der Waals surface area contributed by atoms with Crippen molar-refractivity contribution in [1.82, 2.24) is 5.32 Å². The first-order valence-electron chi connectivity index (χ1n) is 5.99. The van der Waals surface area contributed by atoms with Crippen molar-refractivity contribution < 1.29 is 22.8 Å². The summed E-state index contributed by atoms with van der Waals surface area (Å²) in [4.78, 5) is 25.8. The van der Waals surface area contributed by atoms with Crippen molar-refractivity contribution in [2.45, 2.75) is 18.3 Å². The molecule has 3 amide bonds. The fraction of sp³-hybridized carbons (Fsp3) is 0.308. The van der Waals surface area contributed by atoms with E-state index in [1.54, 1.807) is 6.07 Å². The summed E-state index contributed by atoms with van der Waals surface area (Å²) in [5.41, 5.74) is 0.271. The Bertz CT molecular complexity index is 599. The lowest BCUT2D eigenvalue weighted by Crippen LogP contribution is -2.35. The minimum atomic E-state index is -4.36. The van der Waals surface area contributed by atoms with Crippen LogP contribution in [0.4, 0.5) is 18.0 Å². The number of halogens is 3. The topological polar surface area (TPSA) is 58.5 Å². The molecule has 1 heterocycles. The van der Waals surface area contributed by atoms with E-state index in [-0.39, 0.29) is 6.42 Å². The fourth-order valence-corrected chi connectivity index (χ4v) is 2.69. The lowest BCUT2D eigenvalue weighted by Gasteiger charge is -2.11. The number of hydrogen-bond acceptors (Lipinski definition) is 3. The van der Waals surface area contributed by atoms with Gasteiger partial charge in [-0.25, -0.2) is 9.79 Å². The minimum Gasteiger partial charge on any atom is -0.276 e. The van der Waals surface area contributed by atoms with E-state index in [0.717, 1.165) is 12.1 Å². The number of aliphatic imine (C=N–C) groups is 1. The number of urea groups is 1. The van der Waals surface area contributed by atoms with Gasteiger partial charge < -0.3 is 0 Å². The number of carbonyl (C=O) groups is 2. The Kier molecular flexibility index (Phi) is 4.66. The molecule has 0 radical (unpaired) electrons. The first-order chi connectivity index (χ1) is 9.84. The molecular formula is C13H11F3N2O2S. The van der Waals surface area contributed by atoms with E-state index in [2.05, 4.69) is 4.99 Å². The van der Waals surface area contributed by atoms with Crippen LogP contribution in [0.25, 0.3) is 0 Å². The van der Waals surface area contributed by atoms with E-state index in [0.29, 0.717) is 22.8 Å². The summed E-state index contributed by atoms with van der Waals surface area (Å²) in [7, 11) is 0. The molecule has 0 bridgehead atoms. The number of thioether (sulfide) groups is 1. The van der Waals surface area contributed by atoms with Gasteiger partial charge in [0.2, 0.25) is 5.91 Å². The van der Waals surface area contributed by atoms with Gasteiger partial charge in [-0.3, -0.25) is 10.1 Å². The first kappa shape index (κ1) is 15.6. The van der Waals surface area contributed by atoms with Gasteiger partial charge in [0.05, 0.1) is 12.0 Å². The Morgan fingerprint density at radius 1 is 1.24 bits per heavy atom. The van der Waals surface area contributed by atoms with Crippen molar-refractivity contribution in [3.05, 3.63) is 35.4 Å². The van der Waals surface area contributed by atoms with Crippen molar-refractivity contribution >= 4 is 29.4 Å². The predicted molar refractivity (Wildman–Crippen MR) is 73.2 cm³/mol. The molecule has 0 aromatic heterocycles. The van der Waals surface area contributed by atoms with Crippen molar-refractivity contribution in [2.24, 2.45) is 4.99 Å². The lowest BCUT2D eigenvalue weighted by atomic mass is 10.1. The predicted octanol–water partition coefficient (Wildman–Crippen LogP) is 3.02. The number of alkyl halides is 3. The second-order valence-corrected chi connectivity index (χ2v) is 5.38. The SMILES string of the molecule is O=C1CC(CSCc2cccc(C(F)(F)F)c2)=NC(=O)N1. The zero-order valence-electron chi connectivity index (χ0n) is 10.7. The molecule has 21 heavy (non-hydrogen) atoms. The molecule has 0 aliphatic carbocycles. The van der Waals surface area contributed by atoms with Crippen LogP contribution < -0.4 is 5.32 Å². The second kappa shape index (κ2) is 6.30. The van der Waals surface area contributed by atoms with Crippen LogP contribution in [0, 0.1) is 0 Å². The van der Waals surface area contributed by atoms with Crippen molar-refractivity contribution in [1.29, 1.82) is 0 Å². The zero-order chi connectivity index (χ0) is 15.5.